The molecule has 32 heavy (non-hydrogen) atoms. The van der Waals surface area contributed by atoms with Gasteiger partial charge in [-0.05, 0) is 31.0 Å². The van der Waals surface area contributed by atoms with Crippen LogP contribution in [0, 0.1) is 0 Å². The van der Waals surface area contributed by atoms with Crippen LogP contribution in [-0.4, -0.2) is 35.3 Å². The number of aliphatic carboxylic acids is 1. The molecule has 0 radical (unpaired) electrons. The molecule has 3 heterocycles. The van der Waals surface area contributed by atoms with Crippen molar-refractivity contribution in [1.29, 1.82) is 0 Å². The fourth-order valence-corrected chi connectivity index (χ4v) is 6.64. The molecule has 0 saturated heterocycles. The Kier molecular flexibility index (Phi) is 6.46. The monoisotopic (exact) mass is 532 g/mol. The summed E-state index contributed by atoms with van der Waals surface area (Å²) in [4.78, 5) is 17.7. The van der Waals surface area contributed by atoms with Gasteiger partial charge in [-0.15, -0.1) is 0 Å². The van der Waals surface area contributed by atoms with Crippen LogP contribution < -0.4 is 0 Å². The number of nitrogens with zero attached hydrogens (tertiary/aromatic N) is 2. The molecule has 11 heteroatoms. The molecule has 3 aromatic rings. The first-order valence-corrected chi connectivity index (χ1v) is 13.6. The Labute approximate surface area is 204 Å². The van der Waals surface area contributed by atoms with E-state index in [1.54, 1.807) is 24.3 Å². The smallest absolute Gasteiger partial charge is 0.304 e. The van der Waals surface area contributed by atoms with Gasteiger partial charge < -0.3 is 9.67 Å². The molecule has 1 aliphatic heterocycles. The largest absolute Gasteiger partial charge is 0.481 e. The van der Waals surface area contributed by atoms with Crippen molar-refractivity contribution in [1.82, 2.24) is 9.55 Å². The molecule has 0 fully saturated rings. The number of carboxylic acids is 1. The van der Waals surface area contributed by atoms with Gasteiger partial charge in [0, 0.05) is 46.0 Å². The molecule has 1 aromatic carbocycles. The Morgan fingerprint density at radius 2 is 1.94 bits per heavy atom. The van der Waals surface area contributed by atoms with Crippen LogP contribution >= 0.6 is 46.6 Å². The van der Waals surface area contributed by atoms with E-state index in [0.717, 1.165) is 23.3 Å². The fraction of sp³-hybridized carbons (Fsp3) is 0.333. The molecule has 6 nitrogen and oxygen atoms in total. The summed E-state index contributed by atoms with van der Waals surface area (Å²) in [7, 11) is -3.55. The molecule has 0 amide bonds. The van der Waals surface area contributed by atoms with Crippen LogP contribution in [0.3, 0.4) is 0 Å². The summed E-state index contributed by atoms with van der Waals surface area (Å²) in [5.41, 5.74) is 1.88. The van der Waals surface area contributed by atoms with Crippen LogP contribution in [0.2, 0.25) is 0 Å². The lowest BCUT2D eigenvalue weighted by atomic mass is 9.93. The lowest BCUT2D eigenvalue weighted by Gasteiger charge is -2.25. The van der Waals surface area contributed by atoms with Gasteiger partial charge in [-0.2, -0.15) is 0 Å². The van der Waals surface area contributed by atoms with E-state index in [4.69, 9.17) is 34.8 Å². The molecule has 170 valence electrons. The number of fused-ring (bicyclic) bond motifs is 3. The maximum absolute atomic E-state index is 12.6. The number of halogens is 3. The van der Waals surface area contributed by atoms with Crippen LogP contribution in [0.4, 0.5) is 0 Å². The van der Waals surface area contributed by atoms with Crippen molar-refractivity contribution in [2.24, 2.45) is 0 Å². The minimum atomic E-state index is -3.55. The summed E-state index contributed by atoms with van der Waals surface area (Å²) in [5.74, 6) is -1.14. The number of hydrogen-bond acceptors (Lipinski definition) is 5. The van der Waals surface area contributed by atoms with Crippen LogP contribution in [0.25, 0.3) is 11.0 Å². The number of carbonyl (C=O) groups is 1. The Morgan fingerprint density at radius 3 is 2.53 bits per heavy atom. The number of alkyl halides is 3. The van der Waals surface area contributed by atoms with Gasteiger partial charge in [-0.3, -0.25) is 4.79 Å². The first kappa shape index (κ1) is 23.7. The summed E-state index contributed by atoms with van der Waals surface area (Å²) < 4.78 is 25.6. The molecule has 1 N–H and O–H groups in total. The first-order chi connectivity index (χ1) is 15.0. The van der Waals surface area contributed by atoms with Crippen molar-refractivity contribution in [3.63, 3.8) is 0 Å². The number of aryl methyl sites for hydroxylation is 1. The minimum Gasteiger partial charge on any atom is -0.481 e. The van der Waals surface area contributed by atoms with Gasteiger partial charge in [-0.1, -0.05) is 58.7 Å². The topological polar surface area (TPSA) is 89.3 Å². The summed E-state index contributed by atoms with van der Waals surface area (Å²) in [5, 5.41) is 10.00. The van der Waals surface area contributed by atoms with Crippen LogP contribution in [0.1, 0.15) is 36.4 Å². The highest BCUT2D eigenvalue weighted by atomic mass is 35.6. The summed E-state index contributed by atoms with van der Waals surface area (Å²) >= 11 is 19.2. The zero-order chi connectivity index (χ0) is 23.3. The van der Waals surface area contributed by atoms with Crippen molar-refractivity contribution in [3.05, 3.63) is 47.8 Å². The highest BCUT2D eigenvalue weighted by Gasteiger charge is 2.32. The fourth-order valence-electron chi connectivity index (χ4n) is 4.13. The second kappa shape index (κ2) is 8.72. The zero-order valence-electron chi connectivity index (χ0n) is 16.9. The molecule has 0 spiro atoms. The molecule has 0 aliphatic carbocycles. The molecule has 4 rings (SSSR count). The van der Waals surface area contributed by atoms with Crippen molar-refractivity contribution in [2.45, 2.75) is 50.2 Å². The second-order valence-corrected chi connectivity index (χ2v) is 13.1. The van der Waals surface area contributed by atoms with Crippen LogP contribution in [0.15, 0.2) is 51.2 Å². The number of carboxylic acid groups (broad SMARTS) is 1. The predicted octanol–water partition coefficient (Wildman–Crippen LogP) is 5.77. The van der Waals surface area contributed by atoms with E-state index in [9.17, 15) is 18.3 Å². The minimum absolute atomic E-state index is 0.0374. The van der Waals surface area contributed by atoms with E-state index >= 15 is 0 Å². The third-order valence-electron chi connectivity index (χ3n) is 5.44. The Bertz CT molecular complexity index is 1300. The standard InChI is InChI=1S/C21H19Cl3N2O4S2/c1-32(29,30)15-8-9-25-20-17(15)19(18-12(11-16(27)28)3-2-10-26(18)20)31-14-6-4-13(5-7-14)21(22,23)24/h4-9,12H,2-3,10-11H2,1H3,(H,27,28). The third-order valence-corrected chi connectivity index (χ3v) is 8.36. The lowest BCUT2D eigenvalue weighted by molar-refractivity contribution is -0.137. The summed E-state index contributed by atoms with van der Waals surface area (Å²) in [6.45, 7) is 0.648. The van der Waals surface area contributed by atoms with Gasteiger partial charge in [-0.25, -0.2) is 13.4 Å². The number of rotatable bonds is 5. The van der Waals surface area contributed by atoms with Crippen molar-refractivity contribution in [3.8, 4) is 0 Å². The molecule has 1 aliphatic rings. The summed E-state index contributed by atoms with van der Waals surface area (Å²) in [6.07, 6.45) is 4.11. The quantitative estimate of drug-likeness (QED) is 0.419. The van der Waals surface area contributed by atoms with Crippen molar-refractivity contribution >= 4 is 73.4 Å². The van der Waals surface area contributed by atoms with E-state index < -0.39 is 19.6 Å². The Morgan fingerprint density at radius 1 is 1.25 bits per heavy atom. The maximum atomic E-state index is 12.6. The second-order valence-electron chi connectivity index (χ2n) is 7.71. The van der Waals surface area contributed by atoms with E-state index in [-0.39, 0.29) is 17.2 Å². The first-order valence-electron chi connectivity index (χ1n) is 9.75. The van der Waals surface area contributed by atoms with Gasteiger partial charge in [0.25, 0.3) is 0 Å². The number of hydrogen-bond donors (Lipinski definition) is 1. The lowest BCUT2D eigenvalue weighted by Crippen LogP contribution is -2.18. The molecule has 0 bridgehead atoms. The number of aromatic nitrogens is 2. The Balaban J connectivity index is 1.94. The van der Waals surface area contributed by atoms with Gasteiger partial charge in [0.1, 0.15) is 5.65 Å². The van der Waals surface area contributed by atoms with E-state index in [2.05, 4.69) is 4.98 Å². The van der Waals surface area contributed by atoms with Crippen molar-refractivity contribution < 1.29 is 18.3 Å². The third kappa shape index (κ3) is 4.61. The highest BCUT2D eigenvalue weighted by molar-refractivity contribution is 7.99. The van der Waals surface area contributed by atoms with E-state index in [1.165, 1.54) is 24.0 Å². The number of benzene rings is 1. The van der Waals surface area contributed by atoms with Gasteiger partial charge in [0.2, 0.25) is 3.79 Å². The predicted molar refractivity (Wildman–Crippen MR) is 127 cm³/mol. The SMILES string of the molecule is CS(=O)(=O)c1ccnc2c1c(Sc1ccc(C(Cl)(Cl)Cl)cc1)c1n2CCCC1CC(=O)O. The Hall–Kier alpha value is -1.45. The molecule has 1 unspecified atom stereocenters. The molecular weight excluding hydrogens is 515 g/mol. The number of sulfone groups is 1. The van der Waals surface area contributed by atoms with Gasteiger partial charge in [0.05, 0.1) is 16.7 Å². The summed E-state index contributed by atoms with van der Waals surface area (Å²) in [6, 6.07) is 8.48. The normalized spacial score (nSPS) is 16.8. The van der Waals surface area contributed by atoms with Gasteiger partial charge in [0.15, 0.2) is 9.84 Å². The van der Waals surface area contributed by atoms with E-state index in [0.29, 0.717) is 34.5 Å². The van der Waals surface area contributed by atoms with Crippen LogP contribution in [-0.2, 0) is 25.0 Å². The average Bonchev–Trinajstić information content (AvgIpc) is 3.01. The van der Waals surface area contributed by atoms with Crippen LogP contribution in [0.5, 0.6) is 0 Å². The van der Waals surface area contributed by atoms with Crippen molar-refractivity contribution in [2.75, 3.05) is 6.26 Å². The molecular formula is C21H19Cl3N2O4S2. The average molecular weight is 534 g/mol. The van der Waals surface area contributed by atoms with E-state index in [1.807, 2.05) is 4.57 Å². The molecule has 0 saturated carbocycles. The maximum Gasteiger partial charge on any atom is 0.304 e. The number of pyridine rings is 1. The molecule has 1 atom stereocenters. The zero-order valence-corrected chi connectivity index (χ0v) is 20.8. The highest BCUT2D eigenvalue weighted by Crippen LogP contribution is 2.47. The molecule has 2 aromatic heterocycles. The van der Waals surface area contributed by atoms with Gasteiger partial charge >= 0.3 is 5.97 Å².